The Bertz CT molecular complexity index is 953. The molecule has 0 radical (unpaired) electrons. The highest BCUT2D eigenvalue weighted by atomic mass is 16.5. The molecule has 1 fully saturated rings. The van der Waals surface area contributed by atoms with Crippen LogP contribution in [-0.2, 0) is 13.0 Å². The molecule has 0 amide bonds. The quantitative estimate of drug-likeness (QED) is 0.734. The van der Waals surface area contributed by atoms with Gasteiger partial charge < -0.3 is 9.84 Å². The molecular formula is C23H26N2O3. The minimum Gasteiger partial charge on any atom is -0.481 e. The van der Waals surface area contributed by atoms with Crippen molar-refractivity contribution in [1.29, 1.82) is 5.26 Å². The maximum absolute atomic E-state index is 13.7. The fourth-order valence-corrected chi connectivity index (χ4v) is 3.70. The van der Waals surface area contributed by atoms with Gasteiger partial charge in [-0.25, -0.2) is 4.98 Å². The predicted molar refractivity (Wildman–Crippen MR) is 107 cm³/mol. The molecule has 28 heavy (non-hydrogen) atoms. The summed E-state index contributed by atoms with van der Waals surface area (Å²) in [6.07, 6.45) is 2.99. The largest absolute Gasteiger partial charge is 0.481 e. The zero-order valence-electron chi connectivity index (χ0n) is 16.9. The molecule has 1 heterocycles. The lowest BCUT2D eigenvalue weighted by molar-refractivity contribution is 0.103. The van der Waals surface area contributed by atoms with Gasteiger partial charge in [-0.15, -0.1) is 0 Å². The van der Waals surface area contributed by atoms with Crippen LogP contribution in [-0.4, -0.2) is 23.0 Å². The second-order valence-electron chi connectivity index (χ2n) is 7.82. The Morgan fingerprint density at radius 2 is 2.07 bits per heavy atom. The molecule has 0 unspecified atom stereocenters. The van der Waals surface area contributed by atoms with Gasteiger partial charge in [0.1, 0.15) is 0 Å². The number of ketones is 1. The van der Waals surface area contributed by atoms with Gasteiger partial charge in [-0.2, -0.15) is 5.26 Å². The highest BCUT2D eigenvalue weighted by molar-refractivity contribution is 6.11. The van der Waals surface area contributed by atoms with E-state index in [0.717, 1.165) is 36.0 Å². The zero-order valence-corrected chi connectivity index (χ0v) is 16.9. The van der Waals surface area contributed by atoms with Crippen molar-refractivity contribution in [2.45, 2.75) is 52.6 Å². The maximum Gasteiger partial charge on any atom is 0.217 e. The number of aliphatic hydroxyl groups excluding tert-OH is 1. The van der Waals surface area contributed by atoms with Crippen molar-refractivity contribution in [2.24, 2.45) is 5.92 Å². The van der Waals surface area contributed by atoms with Gasteiger partial charge in [-0.3, -0.25) is 4.79 Å². The number of nitriles is 1. The standard InChI is InChI=1S/C23H26N2O3/c1-13(2)20-21(22(27)17-8-14(3)7-16(9-17)11-24)18(10-15-5-6-15)19(12-26)25-23(20)28-4/h7-9,13,15,26H,5-6,10,12H2,1-4H3. The van der Waals surface area contributed by atoms with Crippen LogP contribution in [0.2, 0.25) is 0 Å². The first-order valence-corrected chi connectivity index (χ1v) is 9.66. The van der Waals surface area contributed by atoms with E-state index in [1.54, 1.807) is 18.2 Å². The highest BCUT2D eigenvalue weighted by Gasteiger charge is 2.31. The second kappa shape index (κ2) is 8.12. The SMILES string of the molecule is COc1nc(CO)c(CC2CC2)c(C(=O)c2cc(C)cc(C#N)c2)c1C(C)C. The predicted octanol–water partition coefficient (Wildman–Crippen LogP) is 4.07. The Balaban J connectivity index is 2.28. The summed E-state index contributed by atoms with van der Waals surface area (Å²) in [5, 5.41) is 19.2. The van der Waals surface area contributed by atoms with Crippen molar-refractivity contribution < 1.29 is 14.6 Å². The van der Waals surface area contributed by atoms with Crippen molar-refractivity contribution >= 4 is 5.78 Å². The monoisotopic (exact) mass is 378 g/mol. The molecule has 146 valence electrons. The summed E-state index contributed by atoms with van der Waals surface area (Å²) in [6.45, 7) is 5.65. The summed E-state index contributed by atoms with van der Waals surface area (Å²) < 4.78 is 5.49. The molecule has 5 nitrogen and oxygen atoms in total. The molecule has 3 rings (SSSR count). The first-order valence-electron chi connectivity index (χ1n) is 9.66. The van der Waals surface area contributed by atoms with Crippen LogP contribution in [0, 0.1) is 24.2 Å². The first-order chi connectivity index (χ1) is 13.4. The van der Waals surface area contributed by atoms with E-state index in [4.69, 9.17) is 4.74 Å². The second-order valence-corrected chi connectivity index (χ2v) is 7.82. The summed E-state index contributed by atoms with van der Waals surface area (Å²) in [5.74, 6) is 0.789. The number of methoxy groups -OCH3 is 1. The molecule has 2 aromatic rings. The number of aliphatic hydroxyl groups is 1. The van der Waals surface area contributed by atoms with Crippen molar-refractivity contribution in [2.75, 3.05) is 7.11 Å². The lowest BCUT2D eigenvalue weighted by Gasteiger charge is -2.22. The van der Waals surface area contributed by atoms with Crippen LogP contribution in [0.3, 0.4) is 0 Å². The van der Waals surface area contributed by atoms with Crippen LogP contribution >= 0.6 is 0 Å². The van der Waals surface area contributed by atoms with E-state index < -0.39 is 0 Å². The molecule has 0 saturated heterocycles. The molecule has 0 atom stereocenters. The molecule has 1 aromatic carbocycles. The Hall–Kier alpha value is -2.71. The van der Waals surface area contributed by atoms with Crippen LogP contribution in [0.1, 0.15) is 76.5 Å². The topological polar surface area (TPSA) is 83.2 Å². The van der Waals surface area contributed by atoms with E-state index in [1.165, 1.54) is 7.11 Å². The Labute approximate surface area is 166 Å². The summed E-state index contributed by atoms with van der Waals surface area (Å²) in [7, 11) is 1.53. The molecule has 0 bridgehead atoms. The van der Waals surface area contributed by atoms with Crippen LogP contribution < -0.4 is 4.74 Å². The van der Waals surface area contributed by atoms with Gasteiger partial charge in [0.05, 0.1) is 31.0 Å². The van der Waals surface area contributed by atoms with Crippen LogP contribution in [0.25, 0.3) is 0 Å². The molecule has 1 aliphatic rings. The Kier molecular flexibility index (Phi) is 5.81. The van der Waals surface area contributed by atoms with Gasteiger partial charge in [0, 0.05) is 16.7 Å². The van der Waals surface area contributed by atoms with E-state index in [-0.39, 0.29) is 18.3 Å². The average Bonchev–Trinajstić information content (AvgIpc) is 3.50. The van der Waals surface area contributed by atoms with E-state index >= 15 is 0 Å². The zero-order chi connectivity index (χ0) is 20.4. The summed E-state index contributed by atoms with van der Waals surface area (Å²) in [5.41, 5.74) is 4.46. The normalized spacial score (nSPS) is 13.5. The third-order valence-corrected chi connectivity index (χ3v) is 5.19. The summed E-state index contributed by atoms with van der Waals surface area (Å²) in [4.78, 5) is 18.2. The number of carbonyl (C=O) groups excluding carboxylic acids is 1. The van der Waals surface area contributed by atoms with Gasteiger partial charge in [0.25, 0.3) is 0 Å². The first kappa shape index (κ1) is 20.0. The molecule has 5 heteroatoms. The highest BCUT2D eigenvalue weighted by Crippen LogP contribution is 2.39. The average molecular weight is 378 g/mol. The number of hydrogen-bond donors (Lipinski definition) is 1. The third-order valence-electron chi connectivity index (χ3n) is 5.19. The lowest BCUT2D eigenvalue weighted by atomic mass is 9.86. The van der Waals surface area contributed by atoms with Gasteiger partial charge in [-0.1, -0.05) is 13.8 Å². The maximum atomic E-state index is 13.7. The molecule has 0 spiro atoms. The number of carbonyl (C=O) groups is 1. The molecular weight excluding hydrogens is 352 g/mol. The van der Waals surface area contributed by atoms with E-state index in [0.29, 0.717) is 34.2 Å². The fraction of sp³-hybridized carbons (Fsp3) is 0.435. The van der Waals surface area contributed by atoms with E-state index in [1.807, 2.05) is 20.8 Å². The fourth-order valence-electron chi connectivity index (χ4n) is 3.70. The van der Waals surface area contributed by atoms with Gasteiger partial charge in [0.15, 0.2) is 5.78 Å². The van der Waals surface area contributed by atoms with Crippen LogP contribution in [0.15, 0.2) is 18.2 Å². The third kappa shape index (κ3) is 3.93. The van der Waals surface area contributed by atoms with Crippen molar-refractivity contribution in [3.8, 4) is 11.9 Å². The van der Waals surface area contributed by atoms with Crippen LogP contribution in [0.5, 0.6) is 5.88 Å². The number of ether oxygens (including phenoxy) is 1. The smallest absolute Gasteiger partial charge is 0.217 e. The van der Waals surface area contributed by atoms with Crippen molar-refractivity contribution in [3.05, 3.63) is 57.3 Å². The Morgan fingerprint density at radius 3 is 2.61 bits per heavy atom. The number of nitrogens with zero attached hydrogens (tertiary/aromatic N) is 2. The summed E-state index contributed by atoms with van der Waals surface area (Å²) >= 11 is 0. The van der Waals surface area contributed by atoms with Crippen molar-refractivity contribution in [3.63, 3.8) is 0 Å². The molecule has 1 saturated carbocycles. The van der Waals surface area contributed by atoms with Gasteiger partial charge >= 0.3 is 0 Å². The van der Waals surface area contributed by atoms with E-state index in [9.17, 15) is 15.2 Å². The number of benzene rings is 1. The Morgan fingerprint density at radius 1 is 1.36 bits per heavy atom. The van der Waals surface area contributed by atoms with Gasteiger partial charge in [-0.05, 0) is 67.3 Å². The number of hydrogen-bond acceptors (Lipinski definition) is 5. The van der Waals surface area contributed by atoms with Crippen molar-refractivity contribution in [1.82, 2.24) is 4.98 Å². The minimum atomic E-state index is -0.242. The lowest BCUT2D eigenvalue weighted by Crippen LogP contribution is -2.17. The molecule has 1 aromatic heterocycles. The molecule has 1 aliphatic carbocycles. The number of pyridine rings is 1. The number of aromatic nitrogens is 1. The van der Waals surface area contributed by atoms with Crippen LogP contribution in [0.4, 0.5) is 0 Å². The summed E-state index contributed by atoms with van der Waals surface area (Å²) in [6, 6.07) is 7.32. The molecule has 1 N–H and O–H groups in total. The van der Waals surface area contributed by atoms with E-state index in [2.05, 4.69) is 11.1 Å². The number of aryl methyl sites for hydroxylation is 1. The van der Waals surface area contributed by atoms with Gasteiger partial charge in [0.2, 0.25) is 5.88 Å². The number of rotatable bonds is 7. The minimum absolute atomic E-state index is 0.0207. The molecule has 0 aliphatic heterocycles.